The minimum absolute atomic E-state index is 0.553. The van der Waals surface area contributed by atoms with Gasteiger partial charge < -0.3 is 4.57 Å². The molecule has 3 nitrogen and oxygen atoms in total. The maximum absolute atomic E-state index is 10.9. The number of hydrogen-bond acceptors (Lipinski definition) is 2. The average molecular weight is 221 g/mol. The van der Waals surface area contributed by atoms with Crippen LogP contribution in [0.15, 0.2) is 30.7 Å². The van der Waals surface area contributed by atoms with Crippen LogP contribution in [0.25, 0.3) is 5.69 Å². The predicted molar refractivity (Wildman–Crippen MR) is 58.7 cm³/mol. The molecule has 0 aliphatic heterocycles. The third-order valence-electron chi connectivity index (χ3n) is 2.11. The Bertz CT molecular complexity index is 505. The molecular formula is C11H9ClN2O. The SMILES string of the molecule is Cc1cn(-c2ccc(Cl)cc2C=O)cn1. The molecule has 0 radical (unpaired) electrons. The topological polar surface area (TPSA) is 34.9 Å². The molecule has 0 aliphatic carbocycles. The van der Waals surface area contributed by atoms with Gasteiger partial charge in [-0.15, -0.1) is 0 Å². The van der Waals surface area contributed by atoms with Crippen molar-refractivity contribution < 1.29 is 4.79 Å². The van der Waals surface area contributed by atoms with Crippen molar-refractivity contribution in [1.82, 2.24) is 9.55 Å². The van der Waals surface area contributed by atoms with Crippen LogP contribution in [-0.4, -0.2) is 15.8 Å². The van der Waals surface area contributed by atoms with Gasteiger partial charge in [-0.05, 0) is 25.1 Å². The molecule has 0 N–H and O–H groups in total. The number of aromatic nitrogens is 2. The fraction of sp³-hybridized carbons (Fsp3) is 0.0909. The van der Waals surface area contributed by atoms with Gasteiger partial charge >= 0.3 is 0 Å². The Morgan fingerprint density at radius 3 is 2.87 bits per heavy atom. The van der Waals surface area contributed by atoms with Gasteiger partial charge in [-0.1, -0.05) is 11.6 Å². The number of carbonyl (C=O) groups excluding carboxylic acids is 1. The summed E-state index contributed by atoms with van der Waals surface area (Å²) >= 11 is 5.80. The third kappa shape index (κ3) is 1.92. The smallest absolute Gasteiger partial charge is 0.152 e. The highest BCUT2D eigenvalue weighted by atomic mass is 35.5. The molecule has 0 bridgehead atoms. The molecule has 0 saturated heterocycles. The predicted octanol–water partition coefficient (Wildman–Crippen LogP) is 2.65. The Kier molecular flexibility index (Phi) is 2.56. The Hall–Kier alpha value is -1.61. The lowest BCUT2D eigenvalue weighted by atomic mass is 10.2. The first-order valence-electron chi connectivity index (χ1n) is 4.46. The van der Waals surface area contributed by atoms with Gasteiger partial charge in [0.15, 0.2) is 6.29 Å². The van der Waals surface area contributed by atoms with Crippen LogP contribution >= 0.6 is 11.6 Å². The Morgan fingerprint density at radius 2 is 2.27 bits per heavy atom. The summed E-state index contributed by atoms with van der Waals surface area (Å²) in [4.78, 5) is 15.0. The zero-order valence-electron chi connectivity index (χ0n) is 8.14. The van der Waals surface area contributed by atoms with Crippen LogP contribution in [0, 0.1) is 6.92 Å². The number of rotatable bonds is 2. The minimum Gasteiger partial charge on any atom is -0.305 e. The van der Waals surface area contributed by atoms with Crippen molar-refractivity contribution >= 4 is 17.9 Å². The van der Waals surface area contributed by atoms with Crippen molar-refractivity contribution in [2.24, 2.45) is 0 Å². The first-order valence-corrected chi connectivity index (χ1v) is 4.84. The number of imidazole rings is 1. The molecule has 0 atom stereocenters. The molecule has 0 spiro atoms. The molecule has 1 heterocycles. The zero-order chi connectivity index (χ0) is 10.8. The summed E-state index contributed by atoms with van der Waals surface area (Å²) in [5.41, 5.74) is 2.25. The third-order valence-corrected chi connectivity index (χ3v) is 2.34. The van der Waals surface area contributed by atoms with E-state index >= 15 is 0 Å². The van der Waals surface area contributed by atoms with Gasteiger partial charge in [-0.2, -0.15) is 0 Å². The average Bonchev–Trinajstić information content (AvgIpc) is 2.64. The van der Waals surface area contributed by atoms with Gasteiger partial charge in [0.05, 0.1) is 17.7 Å². The summed E-state index contributed by atoms with van der Waals surface area (Å²) in [6.07, 6.45) is 4.32. The van der Waals surface area contributed by atoms with E-state index in [1.807, 2.05) is 13.1 Å². The molecule has 0 aliphatic rings. The van der Waals surface area contributed by atoms with Crippen molar-refractivity contribution in [2.75, 3.05) is 0 Å². The lowest BCUT2D eigenvalue weighted by Gasteiger charge is -2.05. The second-order valence-corrected chi connectivity index (χ2v) is 3.68. The van der Waals surface area contributed by atoms with E-state index in [4.69, 9.17) is 11.6 Å². The van der Waals surface area contributed by atoms with Gasteiger partial charge in [-0.3, -0.25) is 4.79 Å². The summed E-state index contributed by atoms with van der Waals surface area (Å²) in [5.74, 6) is 0. The number of carbonyl (C=O) groups is 1. The van der Waals surface area contributed by atoms with Crippen LogP contribution < -0.4 is 0 Å². The fourth-order valence-electron chi connectivity index (χ4n) is 1.41. The first-order chi connectivity index (χ1) is 7.20. The molecule has 15 heavy (non-hydrogen) atoms. The summed E-state index contributed by atoms with van der Waals surface area (Å²) in [6.45, 7) is 1.90. The number of halogens is 1. The molecule has 0 fully saturated rings. The van der Waals surface area contributed by atoms with E-state index in [0.717, 1.165) is 17.7 Å². The molecule has 1 aromatic carbocycles. The fourth-order valence-corrected chi connectivity index (χ4v) is 1.59. The van der Waals surface area contributed by atoms with Crippen LogP contribution in [0.1, 0.15) is 16.1 Å². The highest BCUT2D eigenvalue weighted by Crippen LogP contribution is 2.18. The number of aryl methyl sites for hydroxylation is 1. The van der Waals surface area contributed by atoms with E-state index < -0.39 is 0 Å². The van der Waals surface area contributed by atoms with Gasteiger partial charge in [0.2, 0.25) is 0 Å². The van der Waals surface area contributed by atoms with Crippen LogP contribution in [0.2, 0.25) is 5.02 Å². The van der Waals surface area contributed by atoms with Crippen LogP contribution in [0.5, 0.6) is 0 Å². The zero-order valence-corrected chi connectivity index (χ0v) is 8.90. The number of benzene rings is 1. The highest BCUT2D eigenvalue weighted by molar-refractivity contribution is 6.30. The van der Waals surface area contributed by atoms with E-state index in [9.17, 15) is 4.79 Å². The van der Waals surface area contributed by atoms with Gasteiger partial charge in [0, 0.05) is 16.8 Å². The highest BCUT2D eigenvalue weighted by Gasteiger charge is 2.04. The van der Waals surface area contributed by atoms with Gasteiger partial charge in [0.25, 0.3) is 0 Å². The molecule has 4 heteroatoms. The summed E-state index contributed by atoms with van der Waals surface area (Å²) in [6, 6.07) is 5.19. The Balaban J connectivity index is 2.57. The normalized spacial score (nSPS) is 10.3. The van der Waals surface area contributed by atoms with E-state index in [-0.39, 0.29) is 0 Å². The molecule has 0 amide bonds. The van der Waals surface area contributed by atoms with E-state index in [0.29, 0.717) is 10.6 Å². The second kappa shape index (κ2) is 3.87. The lowest BCUT2D eigenvalue weighted by molar-refractivity contribution is 0.112. The number of hydrogen-bond donors (Lipinski definition) is 0. The Morgan fingerprint density at radius 1 is 1.47 bits per heavy atom. The maximum atomic E-state index is 10.9. The first kappa shape index (κ1) is 9.93. The summed E-state index contributed by atoms with van der Waals surface area (Å²) < 4.78 is 1.80. The Labute approximate surface area is 92.3 Å². The lowest BCUT2D eigenvalue weighted by Crippen LogP contribution is -1.96. The maximum Gasteiger partial charge on any atom is 0.152 e. The van der Waals surface area contributed by atoms with Crippen LogP contribution in [0.3, 0.4) is 0 Å². The second-order valence-electron chi connectivity index (χ2n) is 3.24. The van der Waals surface area contributed by atoms with Crippen molar-refractivity contribution in [3.05, 3.63) is 47.0 Å². The van der Waals surface area contributed by atoms with E-state index in [2.05, 4.69) is 4.98 Å². The molecule has 0 unspecified atom stereocenters. The largest absolute Gasteiger partial charge is 0.305 e. The van der Waals surface area contributed by atoms with E-state index in [1.165, 1.54) is 0 Å². The summed E-state index contributed by atoms with van der Waals surface area (Å²) in [5, 5.41) is 0.553. The van der Waals surface area contributed by atoms with Crippen LogP contribution in [0.4, 0.5) is 0 Å². The van der Waals surface area contributed by atoms with Gasteiger partial charge in [-0.25, -0.2) is 4.98 Å². The monoisotopic (exact) mass is 220 g/mol. The minimum atomic E-state index is 0.553. The van der Waals surface area contributed by atoms with Crippen LogP contribution in [-0.2, 0) is 0 Å². The number of nitrogens with zero attached hydrogens (tertiary/aromatic N) is 2. The molecule has 2 rings (SSSR count). The van der Waals surface area contributed by atoms with Crippen molar-refractivity contribution in [3.63, 3.8) is 0 Å². The summed E-state index contributed by atoms with van der Waals surface area (Å²) in [7, 11) is 0. The molecule has 0 saturated carbocycles. The van der Waals surface area contributed by atoms with Gasteiger partial charge in [0.1, 0.15) is 0 Å². The molecular weight excluding hydrogens is 212 g/mol. The van der Waals surface area contributed by atoms with Crippen molar-refractivity contribution in [2.45, 2.75) is 6.92 Å². The van der Waals surface area contributed by atoms with Crippen molar-refractivity contribution in [3.8, 4) is 5.69 Å². The number of aldehydes is 1. The molecule has 1 aromatic heterocycles. The molecule has 76 valence electrons. The molecule has 2 aromatic rings. The quantitative estimate of drug-likeness (QED) is 0.730. The van der Waals surface area contributed by atoms with E-state index in [1.54, 1.807) is 29.1 Å². The standard InChI is InChI=1S/C11H9ClN2O/c1-8-5-14(7-13-8)11-3-2-10(12)4-9(11)6-15/h2-7H,1H3. The van der Waals surface area contributed by atoms with Crippen molar-refractivity contribution in [1.29, 1.82) is 0 Å².